The fourth-order valence-corrected chi connectivity index (χ4v) is 1.75. The van der Waals surface area contributed by atoms with Crippen LogP contribution in [-0.4, -0.2) is 40.1 Å². The maximum absolute atomic E-state index is 11.1. The molecule has 1 fully saturated rings. The Bertz CT molecular complexity index is 288. The number of hydrogen-bond acceptors (Lipinski definition) is 3. The van der Waals surface area contributed by atoms with E-state index in [0.29, 0.717) is 24.0 Å². The molecule has 5 heteroatoms. The summed E-state index contributed by atoms with van der Waals surface area (Å²) in [5.74, 6) is -0.756. The van der Waals surface area contributed by atoms with Crippen molar-refractivity contribution in [2.45, 2.75) is 39.2 Å². The minimum atomic E-state index is -0.756. The monoisotopic (exact) mass is 244 g/mol. The maximum atomic E-state index is 11.1. The lowest BCUT2D eigenvalue weighted by atomic mass is 9.93. The van der Waals surface area contributed by atoms with Crippen LogP contribution in [0.3, 0.4) is 0 Å². The van der Waals surface area contributed by atoms with Crippen molar-refractivity contribution in [1.82, 2.24) is 4.90 Å². The Morgan fingerprint density at radius 1 is 1.56 bits per heavy atom. The Morgan fingerprint density at radius 3 is 2.50 bits per heavy atom. The zero-order valence-corrected chi connectivity index (χ0v) is 10.7. The molecule has 0 aromatic rings. The largest absolute Gasteiger partial charge is 0.481 e. The van der Waals surface area contributed by atoms with Crippen LogP contribution in [0.15, 0.2) is 0 Å². The minimum Gasteiger partial charge on any atom is -0.481 e. The quantitative estimate of drug-likeness (QED) is 0.660. The highest BCUT2D eigenvalue weighted by Gasteiger charge is 2.36. The average molecular weight is 244 g/mol. The number of nitrogens with zero attached hydrogens (tertiary/aromatic N) is 1. The first-order chi connectivity index (χ1) is 7.33. The van der Waals surface area contributed by atoms with Crippen LogP contribution in [0.1, 0.15) is 33.1 Å². The fourth-order valence-electron chi connectivity index (χ4n) is 1.66. The molecule has 1 saturated carbocycles. The average Bonchev–Trinajstić information content (AvgIpc) is 2.94. The molecule has 0 aromatic carbocycles. The molecule has 0 unspecified atom stereocenters. The van der Waals surface area contributed by atoms with Crippen molar-refractivity contribution in [3.63, 3.8) is 0 Å². The summed E-state index contributed by atoms with van der Waals surface area (Å²) in [6, 6.07) is 0.535. The van der Waals surface area contributed by atoms with E-state index in [2.05, 4.69) is 4.90 Å². The lowest BCUT2D eigenvalue weighted by molar-refractivity contribution is -0.148. The summed E-state index contributed by atoms with van der Waals surface area (Å²) < 4.78 is 0. The van der Waals surface area contributed by atoms with Gasteiger partial charge in [0.2, 0.25) is 0 Å². The summed E-state index contributed by atoms with van der Waals surface area (Å²) in [4.78, 5) is 13.8. The van der Waals surface area contributed by atoms with Gasteiger partial charge in [0.05, 0.1) is 10.4 Å². The fraction of sp³-hybridized carbons (Fsp3) is 0.818. The lowest BCUT2D eigenvalue weighted by Gasteiger charge is -2.29. The molecule has 16 heavy (non-hydrogen) atoms. The second-order valence-corrected chi connectivity index (χ2v) is 5.63. The molecule has 0 bridgehead atoms. The summed E-state index contributed by atoms with van der Waals surface area (Å²) >= 11 is 4.85. The van der Waals surface area contributed by atoms with Crippen LogP contribution in [0.4, 0.5) is 0 Å². The van der Waals surface area contributed by atoms with Crippen LogP contribution in [0.2, 0.25) is 0 Å². The Morgan fingerprint density at radius 2 is 2.12 bits per heavy atom. The molecule has 0 spiro atoms. The van der Waals surface area contributed by atoms with Gasteiger partial charge in [0.15, 0.2) is 0 Å². The molecule has 0 amide bonds. The van der Waals surface area contributed by atoms with Gasteiger partial charge in [0.25, 0.3) is 0 Å². The predicted molar refractivity (Wildman–Crippen MR) is 67.4 cm³/mol. The Kier molecular flexibility index (Phi) is 4.27. The molecule has 4 nitrogen and oxygen atoms in total. The second kappa shape index (κ2) is 5.10. The smallest absolute Gasteiger partial charge is 0.310 e. The molecule has 3 N–H and O–H groups in total. The minimum absolute atomic E-state index is 0.499. The van der Waals surface area contributed by atoms with Crippen LogP contribution < -0.4 is 5.73 Å². The van der Waals surface area contributed by atoms with Gasteiger partial charge in [-0.1, -0.05) is 12.2 Å². The molecule has 1 aliphatic carbocycles. The van der Waals surface area contributed by atoms with Gasteiger partial charge in [0.1, 0.15) is 0 Å². The van der Waals surface area contributed by atoms with Gasteiger partial charge < -0.3 is 10.8 Å². The molecular weight excluding hydrogens is 224 g/mol. The third-order valence-corrected chi connectivity index (χ3v) is 3.09. The van der Waals surface area contributed by atoms with E-state index in [1.54, 1.807) is 13.8 Å². The SMILES string of the molecule is CC(C)(CN(CCC(N)=S)C1CC1)C(=O)O. The zero-order chi connectivity index (χ0) is 12.3. The van der Waals surface area contributed by atoms with Gasteiger partial charge >= 0.3 is 5.97 Å². The van der Waals surface area contributed by atoms with E-state index >= 15 is 0 Å². The molecule has 0 radical (unpaired) electrons. The molecule has 0 aliphatic heterocycles. The van der Waals surface area contributed by atoms with Crippen LogP contribution in [0, 0.1) is 5.41 Å². The predicted octanol–water partition coefficient (Wildman–Crippen LogP) is 1.24. The van der Waals surface area contributed by atoms with E-state index in [1.807, 2.05) is 0 Å². The van der Waals surface area contributed by atoms with E-state index in [4.69, 9.17) is 23.1 Å². The number of thiocarbonyl (C=S) groups is 1. The normalized spacial score (nSPS) is 16.4. The molecule has 1 aliphatic rings. The Hall–Kier alpha value is -0.680. The van der Waals surface area contributed by atoms with Gasteiger partial charge in [0, 0.05) is 25.6 Å². The summed E-state index contributed by atoms with van der Waals surface area (Å²) in [7, 11) is 0. The number of nitrogens with two attached hydrogens (primary N) is 1. The van der Waals surface area contributed by atoms with Crippen LogP contribution >= 0.6 is 12.2 Å². The highest BCUT2D eigenvalue weighted by molar-refractivity contribution is 7.80. The number of aliphatic carboxylic acids is 1. The van der Waals surface area contributed by atoms with E-state index in [9.17, 15) is 4.79 Å². The first kappa shape index (κ1) is 13.4. The summed E-state index contributed by atoms with van der Waals surface area (Å²) in [6.45, 7) is 4.85. The van der Waals surface area contributed by atoms with E-state index in [-0.39, 0.29) is 0 Å². The molecule has 0 aromatic heterocycles. The van der Waals surface area contributed by atoms with Gasteiger partial charge in [-0.2, -0.15) is 0 Å². The van der Waals surface area contributed by atoms with Crippen molar-refractivity contribution in [2.75, 3.05) is 13.1 Å². The number of carbonyl (C=O) groups is 1. The lowest BCUT2D eigenvalue weighted by Crippen LogP contribution is -2.41. The summed E-state index contributed by atoms with van der Waals surface area (Å²) in [6.07, 6.45) is 2.99. The second-order valence-electron chi connectivity index (χ2n) is 5.11. The summed E-state index contributed by atoms with van der Waals surface area (Å²) in [5.41, 5.74) is 4.76. The third kappa shape index (κ3) is 4.06. The van der Waals surface area contributed by atoms with Gasteiger partial charge in [-0.05, 0) is 26.7 Å². The van der Waals surface area contributed by atoms with Crippen molar-refractivity contribution in [2.24, 2.45) is 11.1 Å². The summed E-state index contributed by atoms with van der Waals surface area (Å²) in [5, 5.41) is 9.09. The zero-order valence-electron chi connectivity index (χ0n) is 9.90. The van der Waals surface area contributed by atoms with Crippen molar-refractivity contribution < 1.29 is 9.90 Å². The highest BCUT2D eigenvalue weighted by Crippen LogP contribution is 2.30. The van der Waals surface area contributed by atoms with Crippen molar-refractivity contribution in [1.29, 1.82) is 0 Å². The molecular formula is C11H20N2O2S. The number of carboxylic acids is 1. The van der Waals surface area contributed by atoms with Gasteiger partial charge in [-0.3, -0.25) is 9.69 Å². The molecule has 1 rings (SSSR count). The standard InChI is InChI=1S/C11H20N2O2S/c1-11(2,10(14)15)7-13(8-3-4-8)6-5-9(12)16/h8H,3-7H2,1-2H3,(H2,12,16)(H,14,15). The van der Waals surface area contributed by atoms with Crippen LogP contribution in [-0.2, 0) is 4.79 Å². The van der Waals surface area contributed by atoms with E-state index < -0.39 is 11.4 Å². The van der Waals surface area contributed by atoms with Gasteiger partial charge in [-0.15, -0.1) is 0 Å². The van der Waals surface area contributed by atoms with Crippen LogP contribution in [0.25, 0.3) is 0 Å². The van der Waals surface area contributed by atoms with Crippen molar-refractivity contribution in [3.8, 4) is 0 Å². The number of hydrogen-bond donors (Lipinski definition) is 2. The van der Waals surface area contributed by atoms with E-state index in [1.165, 1.54) is 0 Å². The first-order valence-corrected chi connectivity index (χ1v) is 5.99. The van der Waals surface area contributed by atoms with Crippen molar-refractivity contribution in [3.05, 3.63) is 0 Å². The van der Waals surface area contributed by atoms with E-state index in [0.717, 1.165) is 19.4 Å². The third-order valence-electron chi connectivity index (χ3n) is 2.89. The van der Waals surface area contributed by atoms with Crippen LogP contribution in [0.5, 0.6) is 0 Å². The van der Waals surface area contributed by atoms with Crippen molar-refractivity contribution >= 4 is 23.2 Å². The van der Waals surface area contributed by atoms with Gasteiger partial charge in [-0.25, -0.2) is 0 Å². The number of carboxylic acid groups (broad SMARTS) is 1. The molecule has 92 valence electrons. The molecule has 0 heterocycles. The highest BCUT2D eigenvalue weighted by atomic mass is 32.1. The maximum Gasteiger partial charge on any atom is 0.310 e. The molecule has 0 saturated heterocycles. The molecule has 0 atom stereocenters. The topological polar surface area (TPSA) is 66.6 Å². The number of rotatable bonds is 7. The first-order valence-electron chi connectivity index (χ1n) is 5.58. The Balaban J connectivity index is 2.50. The Labute approximate surface area is 102 Å².